The zero-order chi connectivity index (χ0) is 15.2. The van der Waals surface area contributed by atoms with Crippen molar-refractivity contribution in [3.8, 4) is 0 Å². The van der Waals surface area contributed by atoms with Gasteiger partial charge < -0.3 is 9.52 Å². The summed E-state index contributed by atoms with van der Waals surface area (Å²) in [5, 5.41) is 10.5. The van der Waals surface area contributed by atoms with Gasteiger partial charge in [-0.2, -0.15) is 0 Å². The molecule has 0 aromatic carbocycles. The molecule has 0 unspecified atom stereocenters. The highest BCUT2D eigenvalue weighted by Crippen LogP contribution is 2.50. The maximum Gasteiger partial charge on any atom is 0.184 e. The minimum Gasteiger partial charge on any atom is -0.462 e. The Labute approximate surface area is 125 Å². The standard InChI is InChI=1S/C18H22O3/c1-11-7-8-14(21-11)9-13-10-18(3)15(12(2)17(13)20)5-4-6-16(18)19/h7-9,16,19H,4-6,10H2,1-3H3/t16-,18-/m0/s1. The third-order valence-electron chi connectivity index (χ3n) is 5.05. The predicted octanol–water partition coefficient (Wildman–Crippen LogP) is 3.81. The summed E-state index contributed by atoms with van der Waals surface area (Å²) in [5.74, 6) is 1.65. The Balaban J connectivity index is 2.04. The van der Waals surface area contributed by atoms with Crippen molar-refractivity contribution in [2.24, 2.45) is 5.41 Å². The monoisotopic (exact) mass is 286 g/mol. The van der Waals surface area contributed by atoms with Crippen molar-refractivity contribution in [3.05, 3.63) is 40.4 Å². The highest BCUT2D eigenvalue weighted by atomic mass is 16.3. The molecule has 0 aliphatic heterocycles. The summed E-state index contributed by atoms with van der Waals surface area (Å²) in [5.41, 5.74) is 2.41. The number of Topliss-reactive ketones (excluding diaryl/α,β-unsaturated/α-hetero) is 1. The van der Waals surface area contributed by atoms with Crippen LogP contribution in [0.4, 0.5) is 0 Å². The number of allylic oxidation sites excluding steroid dienone is 2. The molecule has 0 bridgehead atoms. The number of rotatable bonds is 1. The van der Waals surface area contributed by atoms with Crippen molar-refractivity contribution in [2.75, 3.05) is 0 Å². The zero-order valence-electron chi connectivity index (χ0n) is 12.9. The molecule has 1 aromatic heterocycles. The van der Waals surface area contributed by atoms with E-state index in [9.17, 15) is 9.90 Å². The quantitative estimate of drug-likeness (QED) is 0.799. The Hall–Kier alpha value is -1.61. The van der Waals surface area contributed by atoms with E-state index in [1.165, 1.54) is 0 Å². The van der Waals surface area contributed by atoms with Crippen LogP contribution in [0.15, 0.2) is 33.3 Å². The zero-order valence-corrected chi connectivity index (χ0v) is 12.9. The van der Waals surface area contributed by atoms with E-state index in [0.29, 0.717) is 12.2 Å². The largest absolute Gasteiger partial charge is 0.462 e. The number of furan rings is 1. The van der Waals surface area contributed by atoms with Crippen LogP contribution in [0.5, 0.6) is 0 Å². The third kappa shape index (κ3) is 2.30. The Morgan fingerprint density at radius 1 is 1.38 bits per heavy atom. The molecule has 1 N–H and O–H groups in total. The highest BCUT2D eigenvalue weighted by Gasteiger charge is 2.45. The van der Waals surface area contributed by atoms with E-state index in [2.05, 4.69) is 6.92 Å². The van der Waals surface area contributed by atoms with Gasteiger partial charge in [-0.3, -0.25) is 4.79 Å². The van der Waals surface area contributed by atoms with Gasteiger partial charge >= 0.3 is 0 Å². The van der Waals surface area contributed by atoms with Crippen LogP contribution in [0.1, 0.15) is 51.1 Å². The molecule has 2 aliphatic carbocycles. The SMILES string of the molecule is CC1=C2CCC[C@H](O)[C@@]2(C)CC(=Cc2ccc(C)o2)C1=O. The van der Waals surface area contributed by atoms with E-state index in [1.807, 2.05) is 32.1 Å². The van der Waals surface area contributed by atoms with Crippen molar-refractivity contribution in [2.45, 2.75) is 52.6 Å². The average Bonchev–Trinajstić information content (AvgIpc) is 2.84. The molecule has 0 amide bonds. The second kappa shape index (κ2) is 4.99. The van der Waals surface area contributed by atoms with E-state index in [0.717, 1.165) is 41.7 Å². The number of aliphatic hydroxyl groups excluding tert-OH is 1. The molecule has 0 radical (unpaired) electrons. The van der Waals surface area contributed by atoms with Gasteiger partial charge in [0, 0.05) is 11.0 Å². The van der Waals surface area contributed by atoms with Gasteiger partial charge in [-0.25, -0.2) is 0 Å². The Kier molecular flexibility index (Phi) is 3.40. The van der Waals surface area contributed by atoms with Crippen LogP contribution < -0.4 is 0 Å². The molecule has 1 aromatic rings. The second-order valence-electron chi connectivity index (χ2n) is 6.55. The van der Waals surface area contributed by atoms with E-state index < -0.39 is 0 Å². The van der Waals surface area contributed by atoms with Crippen LogP contribution in [0.25, 0.3) is 6.08 Å². The minimum absolute atomic E-state index is 0.102. The summed E-state index contributed by atoms with van der Waals surface area (Å²) in [6.07, 6.45) is 4.77. The van der Waals surface area contributed by atoms with Crippen molar-refractivity contribution < 1.29 is 14.3 Å². The minimum atomic E-state index is -0.369. The Morgan fingerprint density at radius 3 is 2.81 bits per heavy atom. The molecule has 1 heterocycles. The first-order valence-corrected chi connectivity index (χ1v) is 7.62. The smallest absolute Gasteiger partial charge is 0.184 e. The highest BCUT2D eigenvalue weighted by molar-refractivity contribution is 6.12. The fourth-order valence-corrected chi connectivity index (χ4v) is 3.79. The summed E-state index contributed by atoms with van der Waals surface area (Å²) in [4.78, 5) is 12.6. The first kappa shape index (κ1) is 14.3. The molecule has 3 nitrogen and oxygen atoms in total. The first-order chi connectivity index (χ1) is 9.91. The number of carbonyl (C=O) groups excluding carboxylic acids is 1. The normalized spacial score (nSPS) is 31.7. The van der Waals surface area contributed by atoms with Gasteiger partial charge in [-0.15, -0.1) is 0 Å². The summed E-state index contributed by atoms with van der Waals surface area (Å²) < 4.78 is 5.56. The van der Waals surface area contributed by atoms with Crippen LogP contribution in [-0.2, 0) is 4.79 Å². The maximum atomic E-state index is 12.6. The topological polar surface area (TPSA) is 50.4 Å². The molecular formula is C18H22O3. The van der Waals surface area contributed by atoms with Crippen molar-refractivity contribution in [1.82, 2.24) is 0 Å². The van der Waals surface area contributed by atoms with E-state index >= 15 is 0 Å². The van der Waals surface area contributed by atoms with Crippen molar-refractivity contribution in [1.29, 1.82) is 0 Å². The first-order valence-electron chi connectivity index (χ1n) is 7.62. The van der Waals surface area contributed by atoms with Gasteiger partial charge in [0.2, 0.25) is 0 Å². The Morgan fingerprint density at radius 2 is 2.14 bits per heavy atom. The fourth-order valence-electron chi connectivity index (χ4n) is 3.79. The molecular weight excluding hydrogens is 264 g/mol. The predicted molar refractivity (Wildman–Crippen MR) is 81.7 cm³/mol. The Bertz CT molecular complexity index is 647. The number of fused-ring (bicyclic) bond motifs is 1. The number of hydrogen-bond donors (Lipinski definition) is 1. The molecule has 1 fully saturated rings. The van der Waals surface area contributed by atoms with Crippen LogP contribution in [0.3, 0.4) is 0 Å². The van der Waals surface area contributed by atoms with Crippen LogP contribution >= 0.6 is 0 Å². The molecule has 0 spiro atoms. The number of hydrogen-bond acceptors (Lipinski definition) is 3. The molecule has 0 saturated heterocycles. The number of aryl methyl sites for hydroxylation is 1. The van der Waals surface area contributed by atoms with E-state index in [4.69, 9.17) is 4.42 Å². The van der Waals surface area contributed by atoms with Crippen LogP contribution in [-0.4, -0.2) is 17.0 Å². The lowest BCUT2D eigenvalue weighted by atomic mass is 9.61. The van der Waals surface area contributed by atoms with Gasteiger partial charge in [-0.1, -0.05) is 12.5 Å². The van der Waals surface area contributed by atoms with Gasteiger partial charge in [0.05, 0.1) is 6.10 Å². The molecule has 21 heavy (non-hydrogen) atoms. The summed E-state index contributed by atoms with van der Waals surface area (Å²) in [7, 11) is 0. The van der Waals surface area contributed by atoms with Gasteiger partial charge in [-0.05, 0) is 63.3 Å². The molecule has 3 heteroatoms. The second-order valence-corrected chi connectivity index (χ2v) is 6.55. The van der Waals surface area contributed by atoms with Gasteiger partial charge in [0.15, 0.2) is 5.78 Å². The number of carbonyl (C=O) groups is 1. The van der Waals surface area contributed by atoms with E-state index in [-0.39, 0.29) is 17.3 Å². The maximum absolute atomic E-state index is 12.6. The molecule has 2 atom stereocenters. The van der Waals surface area contributed by atoms with Gasteiger partial charge in [0.25, 0.3) is 0 Å². The van der Waals surface area contributed by atoms with Gasteiger partial charge in [0.1, 0.15) is 11.5 Å². The lowest BCUT2D eigenvalue weighted by molar-refractivity contribution is -0.113. The third-order valence-corrected chi connectivity index (χ3v) is 5.05. The lowest BCUT2D eigenvalue weighted by Crippen LogP contribution is -2.42. The van der Waals surface area contributed by atoms with E-state index in [1.54, 1.807) is 0 Å². The number of ketones is 1. The summed E-state index contributed by atoms with van der Waals surface area (Å²) >= 11 is 0. The molecule has 112 valence electrons. The van der Waals surface area contributed by atoms with Crippen LogP contribution in [0, 0.1) is 12.3 Å². The summed E-state index contributed by atoms with van der Waals surface area (Å²) in [6, 6.07) is 3.77. The summed E-state index contributed by atoms with van der Waals surface area (Å²) in [6.45, 7) is 5.87. The van der Waals surface area contributed by atoms with Crippen LogP contribution in [0.2, 0.25) is 0 Å². The van der Waals surface area contributed by atoms with Crippen molar-refractivity contribution in [3.63, 3.8) is 0 Å². The fraction of sp³-hybridized carbons (Fsp3) is 0.500. The van der Waals surface area contributed by atoms with Crippen molar-refractivity contribution >= 4 is 11.9 Å². The number of aliphatic hydroxyl groups is 1. The molecule has 1 saturated carbocycles. The molecule has 3 rings (SSSR count). The lowest BCUT2D eigenvalue weighted by Gasteiger charge is -2.45. The average molecular weight is 286 g/mol. The molecule has 2 aliphatic rings.